The molecule has 0 bridgehead atoms. The Morgan fingerprint density at radius 2 is 1.83 bits per heavy atom. The third-order valence-electron chi connectivity index (χ3n) is 1.58. The third kappa shape index (κ3) is 7.95. The molecule has 0 aliphatic rings. The minimum Gasteiger partial charge on any atom is -0.515 e. The van der Waals surface area contributed by atoms with Crippen LogP contribution in [0.3, 0.4) is 0 Å². The molecule has 0 amide bonds. The number of carboxylic acids is 1. The molecule has 0 aliphatic carbocycles. The number of hydrogen-bond acceptors (Lipinski definition) is 5. The Morgan fingerprint density at radius 1 is 1.33 bits per heavy atom. The molecule has 0 unspecified atom stereocenters. The van der Waals surface area contributed by atoms with Crippen LogP contribution in [-0.2, 0) is 24.3 Å². The average Bonchev–Trinajstić information content (AvgIpc) is 2.28. The number of hydrogen-bond donors (Lipinski definition) is 1. The van der Waals surface area contributed by atoms with Crippen molar-refractivity contribution in [1.29, 1.82) is 0 Å². The van der Waals surface area contributed by atoms with Gasteiger partial charge in [0.2, 0.25) is 0 Å². The smallest absolute Gasteiger partial charge is 0.313 e. The molecule has 0 saturated heterocycles. The summed E-state index contributed by atoms with van der Waals surface area (Å²) < 4.78 is 9.50. The van der Waals surface area contributed by atoms with Crippen LogP contribution in [0.25, 0.3) is 0 Å². The Morgan fingerprint density at radius 3 is 2.17 bits per heavy atom. The zero-order valence-electron chi connectivity index (χ0n) is 11.4. The monoisotopic (exact) mass is 305 g/mol. The van der Waals surface area contributed by atoms with E-state index in [1.54, 1.807) is 20.8 Å². The molecule has 0 fully saturated rings. The molecule has 0 radical (unpaired) electrons. The predicted octanol–water partition coefficient (Wildman–Crippen LogP) is 1.41. The van der Waals surface area contributed by atoms with Gasteiger partial charge in [-0.15, -0.1) is 6.20 Å². The van der Waals surface area contributed by atoms with Gasteiger partial charge < -0.3 is 20.6 Å². The second kappa shape index (κ2) is 8.80. The SMILES string of the molecule is CC(C)(C)C(=O)O.COc1[c-]cnc(OC)n1.[Zn]. The molecular weight excluding hydrogens is 290 g/mol. The number of nitrogens with zero attached hydrogens (tertiary/aromatic N) is 2. The van der Waals surface area contributed by atoms with Gasteiger partial charge in [0.25, 0.3) is 0 Å². The van der Waals surface area contributed by atoms with Gasteiger partial charge >= 0.3 is 12.0 Å². The van der Waals surface area contributed by atoms with Gasteiger partial charge in [0, 0.05) is 25.4 Å². The zero-order valence-corrected chi connectivity index (χ0v) is 14.3. The summed E-state index contributed by atoms with van der Waals surface area (Å²) in [7, 11) is 3.01. The summed E-state index contributed by atoms with van der Waals surface area (Å²) >= 11 is 0. The van der Waals surface area contributed by atoms with Crippen molar-refractivity contribution < 1.29 is 38.9 Å². The molecule has 6 nitrogen and oxygen atoms in total. The molecule has 0 aromatic carbocycles. The first kappa shape index (κ1) is 19.1. The maximum absolute atomic E-state index is 10.0. The van der Waals surface area contributed by atoms with Crippen molar-refractivity contribution in [3.8, 4) is 11.9 Å². The van der Waals surface area contributed by atoms with E-state index < -0.39 is 11.4 Å². The summed E-state index contributed by atoms with van der Waals surface area (Å²) in [6, 6.07) is 2.96. The van der Waals surface area contributed by atoms with Crippen LogP contribution in [0.1, 0.15) is 20.8 Å². The van der Waals surface area contributed by atoms with Crippen molar-refractivity contribution in [2.24, 2.45) is 5.41 Å². The number of methoxy groups -OCH3 is 2. The van der Waals surface area contributed by atoms with Crippen LogP contribution < -0.4 is 9.47 Å². The van der Waals surface area contributed by atoms with E-state index in [9.17, 15) is 4.79 Å². The van der Waals surface area contributed by atoms with Crippen molar-refractivity contribution in [3.05, 3.63) is 12.3 Å². The Balaban J connectivity index is 0. The van der Waals surface area contributed by atoms with Crippen LogP contribution in [-0.4, -0.2) is 35.3 Å². The molecule has 1 rings (SSSR count). The van der Waals surface area contributed by atoms with Crippen LogP contribution in [0.15, 0.2) is 6.20 Å². The molecule has 1 aromatic rings. The van der Waals surface area contributed by atoms with Gasteiger partial charge in [0.15, 0.2) is 0 Å². The molecule has 1 aromatic heterocycles. The van der Waals surface area contributed by atoms with Crippen LogP contribution >= 0.6 is 0 Å². The van der Waals surface area contributed by atoms with E-state index in [0.29, 0.717) is 5.88 Å². The van der Waals surface area contributed by atoms with Gasteiger partial charge in [-0.05, 0) is 20.8 Å². The Hall–Kier alpha value is -1.23. The molecule has 1 heterocycles. The molecule has 0 atom stereocenters. The van der Waals surface area contributed by atoms with Crippen molar-refractivity contribution in [1.82, 2.24) is 9.97 Å². The molecule has 0 aliphatic heterocycles. The second-order valence-electron chi connectivity index (χ2n) is 4.07. The van der Waals surface area contributed by atoms with Gasteiger partial charge in [-0.2, -0.15) is 4.98 Å². The van der Waals surface area contributed by atoms with E-state index in [-0.39, 0.29) is 25.5 Å². The van der Waals surface area contributed by atoms with Gasteiger partial charge in [-0.1, -0.05) is 0 Å². The first-order chi connectivity index (χ1) is 7.81. The molecule has 0 saturated carbocycles. The Labute approximate surface area is 119 Å². The second-order valence-corrected chi connectivity index (χ2v) is 4.07. The van der Waals surface area contributed by atoms with Gasteiger partial charge in [0.05, 0.1) is 19.6 Å². The van der Waals surface area contributed by atoms with E-state index in [2.05, 4.69) is 16.0 Å². The van der Waals surface area contributed by atoms with E-state index in [1.807, 2.05) is 0 Å². The van der Waals surface area contributed by atoms with Crippen LogP contribution in [0.5, 0.6) is 11.9 Å². The number of aliphatic carboxylic acids is 1. The van der Waals surface area contributed by atoms with Gasteiger partial charge in [-0.25, -0.2) is 4.98 Å². The quantitative estimate of drug-likeness (QED) is 0.657. The van der Waals surface area contributed by atoms with Crippen molar-refractivity contribution in [3.63, 3.8) is 0 Å². The Kier molecular flexibility index (Phi) is 9.35. The minimum absolute atomic E-state index is 0. The number of carbonyl (C=O) groups is 1. The summed E-state index contributed by atoms with van der Waals surface area (Å²) in [5.74, 6) is -0.376. The third-order valence-corrected chi connectivity index (χ3v) is 1.58. The molecule has 7 heteroatoms. The van der Waals surface area contributed by atoms with E-state index in [4.69, 9.17) is 14.6 Å². The van der Waals surface area contributed by atoms with E-state index in [1.165, 1.54) is 20.4 Å². The summed E-state index contributed by atoms with van der Waals surface area (Å²) in [5, 5.41) is 8.25. The number of carboxylic acid groups (broad SMARTS) is 1. The van der Waals surface area contributed by atoms with E-state index >= 15 is 0 Å². The number of aromatic nitrogens is 2. The summed E-state index contributed by atoms with van der Waals surface area (Å²) in [5.41, 5.74) is -0.583. The van der Waals surface area contributed by atoms with Crippen LogP contribution in [0.4, 0.5) is 0 Å². The maximum Gasteiger partial charge on any atom is 0.313 e. The maximum atomic E-state index is 10.0. The first-order valence-corrected chi connectivity index (χ1v) is 4.87. The fourth-order valence-corrected chi connectivity index (χ4v) is 0.494. The Bertz CT molecular complexity index is 347. The minimum atomic E-state index is -0.757. The average molecular weight is 307 g/mol. The van der Waals surface area contributed by atoms with Gasteiger partial charge in [0.1, 0.15) is 0 Å². The number of rotatable bonds is 2. The largest absolute Gasteiger partial charge is 0.515 e. The normalized spacial score (nSPS) is 9.39. The molecule has 0 spiro atoms. The summed E-state index contributed by atoms with van der Waals surface area (Å²) in [6.45, 7) is 4.99. The fraction of sp³-hybridized carbons (Fsp3) is 0.545. The molecule has 18 heavy (non-hydrogen) atoms. The van der Waals surface area contributed by atoms with Gasteiger partial charge in [-0.3, -0.25) is 4.79 Å². The molecular formula is C11H17N2O4Zn-. The number of ether oxygens (including phenoxy) is 2. The van der Waals surface area contributed by atoms with Crippen LogP contribution in [0, 0.1) is 11.5 Å². The summed E-state index contributed by atoms with van der Waals surface area (Å²) in [4.78, 5) is 17.6. The van der Waals surface area contributed by atoms with E-state index in [0.717, 1.165) is 0 Å². The van der Waals surface area contributed by atoms with Crippen molar-refractivity contribution >= 4 is 5.97 Å². The fourth-order valence-electron chi connectivity index (χ4n) is 0.494. The topological polar surface area (TPSA) is 81.5 Å². The molecule has 98 valence electrons. The van der Waals surface area contributed by atoms with Crippen molar-refractivity contribution in [2.75, 3.05) is 14.2 Å². The predicted molar refractivity (Wildman–Crippen MR) is 61.1 cm³/mol. The first-order valence-electron chi connectivity index (χ1n) is 4.87. The standard InChI is InChI=1S/C6H7N2O2.C5H10O2.Zn/c1-9-5-3-4-7-6(8-5)10-2;1-5(2,3)4(6)7;/h4H,1-2H3;1-3H3,(H,6,7);/q-1;;. The zero-order chi connectivity index (χ0) is 13.5. The molecule has 1 N–H and O–H groups in total. The van der Waals surface area contributed by atoms with Crippen molar-refractivity contribution in [2.45, 2.75) is 20.8 Å². The van der Waals surface area contributed by atoms with Crippen LogP contribution in [0.2, 0.25) is 0 Å². The summed E-state index contributed by atoms with van der Waals surface area (Å²) in [6.07, 6.45) is 1.45.